The molecule has 3 N–H and O–H groups in total. The maximum atomic E-state index is 9.83. The number of nitrogens with one attached hydrogen (secondary N) is 2. The Morgan fingerprint density at radius 3 is 2.50 bits per heavy atom. The summed E-state index contributed by atoms with van der Waals surface area (Å²) in [5.74, 6) is 0.968. The van der Waals surface area contributed by atoms with Crippen LogP contribution in [0.15, 0.2) is 0 Å². The molecule has 0 aliphatic carbocycles. The lowest BCUT2D eigenvalue weighted by atomic mass is 10.1. The predicted octanol–water partition coefficient (Wildman–Crippen LogP) is 3.58. The minimum atomic E-state index is 0.256. The molecule has 0 saturated heterocycles. The highest BCUT2D eigenvalue weighted by molar-refractivity contribution is 7.80. The zero-order chi connectivity index (χ0) is 15.1. The van der Waals surface area contributed by atoms with Crippen LogP contribution in [0.3, 0.4) is 0 Å². The Morgan fingerprint density at radius 1 is 1.15 bits per heavy atom. The van der Waals surface area contributed by atoms with E-state index in [1.807, 2.05) is 13.8 Å². The van der Waals surface area contributed by atoms with Crippen molar-refractivity contribution in [2.45, 2.75) is 53.4 Å². The SMILES string of the molecule is CCCCCCNC(=S)Nc1nc(C)c(O)c(C)c1C. The van der Waals surface area contributed by atoms with E-state index in [9.17, 15) is 5.11 Å². The molecule has 0 saturated carbocycles. The monoisotopic (exact) mass is 295 g/mol. The number of aromatic nitrogens is 1. The van der Waals surface area contributed by atoms with Gasteiger partial charge in [-0.05, 0) is 50.5 Å². The van der Waals surface area contributed by atoms with Crippen LogP contribution in [0.5, 0.6) is 5.75 Å². The predicted molar refractivity (Wildman–Crippen MR) is 88.5 cm³/mol. The van der Waals surface area contributed by atoms with Gasteiger partial charge >= 0.3 is 0 Å². The van der Waals surface area contributed by atoms with Gasteiger partial charge in [0.15, 0.2) is 5.11 Å². The number of anilines is 1. The van der Waals surface area contributed by atoms with Crippen LogP contribution >= 0.6 is 12.2 Å². The van der Waals surface area contributed by atoms with Gasteiger partial charge in [-0.1, -0.05) is 26.2 Å². The van der Waals surface area contributed by atoms with E-state index in [2.05, 4.69) is 22.5 Å². The first-order chi connectivity index (χ1) is 9.47. The zero-order valence-electron chi connectivity index (χ0n) is 12.8. The topological polar surface area (TPSA) is 57.2 Å². The molecule has 4 nitrogen and oxygen atoms in total. The van der Waals surface area contributed by atoms with Gasteiger partial charge in [-0.25, -0.2) is 4.98 Å². The maximum absolute atomic E-state index is 9.83. The third-order valence-corrected chi connectivity index (χ3v) is 3.69. The lowest BCUT2D eigenvalue weighted by molar-refractivity contribution is 0.463. The van der Waals surface area contributed by atoms with Crippen LogP contribution in [0.25, 0.3) is 0 Å². The Kier molecular flexibility index (Phi) is 6.71. The fraction of sp³-hybridized carbons (Fsp3) is 0.600. The van der Waals surface area contributed by atoms with E-state index in [0.29, 0.717) is 16.6 Å². The molecule has 0 bridgehead atoms. The first-order valence-electron chi connectivity index (χ1n) is 7.19. The molecule has 112 valence electrons. The van der Waals surface area contributed by atoms with Gasteiger partial charge in [-0.15, -0.1) is 0 Å². The summed E-state index contributed by atoms with van der Waals surface area (Å²) >= 11 is 5.27. The number of aryl methyl sites for hydroxylation is 1. The lowest BCUT2D eigenvalue weighted by Gasteiger charge is -2.15. The number of hydrogen-bond donors (Lipinski definition) is 3. The molecule has 0 amide bonds. The molecule has 1 rings (SSSR count). The average molecular weight is 295 g/mol. The van der Waals surface area contributed by atoms with Crippen molar-refractivity contribution in [2.24, 2.45) is 0 Å². The third-order valence-electron chi connectivity index (χ3n) is 3.44. The largest absolute Gasteiger partial charge is 0.506 e. The summed E-state index contributed by atoms with van der Waals surface area (Å²) < 4.78 is 0. The fourth-order valence-electron chi connectivity index (χ4n) is 1.96. The number of rotatable bonds is 6. The summed E-state index contributed by atoms with van der Waals surface area (Å²) in [5, 5.41) is 16.7. The van der Waals surface area contributed by atoms with Crippen LogP contribution in [0, 0.1) is 20.8 Å². The molecule has 0 aliphatic heterocycles. The van der Waals surface area contributed by atoms with Gasteiger partial charge in [0.05, 0.1) is 5.69 Å². The normalized spacial score (nSPS) is 10.4. The van der Waals surface area contributed by atoms with Crippen LogP contribution in [0.1, 0.15) is 49.4 Å². The smallest absolute Gasteiger partial charge is 0.171 e. The van der Waals surface area contributed by atoms with Crippen molar-refractivity contribution in [3.63, 3.8) is 0 Å². The Bertz CT molecular complexity index is 475. The summed E-state index contributed by atoms with van der Waals surface area (Å²) in [4.78, 5) is 4.34. The molecular formula is C15H25N3OS. The molecule has 1 heterocycles. The number of unbranched alkanes of at least 4 members (excludes halogenated alkanes) is 3. The molecule has 1 aromatic heterocycles. The molecule has 5 heteroatoms. The molecule has 0 atom stereocenters. The standard InChI is InChI=1S/C15H25N3OS/c1-5-6-7-8-9-16-15(20)18-14-11(3)10(2)13(19)12(4)17-14/h19H,5-9H2,1-4H3,(H2,16,17,18,20). The first kappa shape index (κ1) is 16.7. The van der Waals surface area contributed by atoms with E-state index in [1.165, 1.54) is 19.3 Å². The highest BCUT2D eigenvalue weighted by Crippen LogP contribution is 2.27. The van der Waals surface area contributed by atoms with E-state index in [-0.39, 0.29) is 5.75 Å². The van der Waals surface area contributed by atoms with Crippen molar-refractivity contribution < 1.29 is 5.11 Å². The highest BCUT2D eigenvalue weighted by atomic mass is 32.1. The van der Waals surface area contributed by atoms with Crippen molar-refractivity contribution in [1.82, 2.24) is 10.3 Å². The molecule has 0 aromatic carbocycles. The minimum absolute atomic E-state index is 0.256. The number of pyridine rings is 1. The summed E-state index contributed by atoms with van der Waals surface area (Å²) in [5.41, 5.74) is 2.37. The molecule has 0 aliphatic rings. The van der Waals surface area contributed by atoms with Crippen molar-refractivity contribution in [3.8, 4) is 5.75 Å². The quantitative estimate of drug-likeness (QED) is 0.553. The zero-order valence-corrected chi connectivity index (χ0v) is 13.7. The molecule has 0 spiro atoms. The van der Waals surface area contributed by atoms with Gasteiger partial charge < -0.3 is 15.7 Å². The minimum Gasteiger partial charge on any atom is -0.506 e. The van der Waals surface area contributed by atoms with Crippen LogP contribution in [-0.2, 0) is 0 Å². The van der Waals surface area contributed by atoms with Gasteiger partial charge in [0, 0.05) is 6.54 Å². The molecule has 1 aromatic rings. The van der Waals surface area contributed by atoms with E-state index in [4.69, 9.17) is 12.2 Å². The Morgan fingerprint density at radius 2 is 1.85 bits per heavy atom. The van der Waals surface area contributed by atoms with Crippen LogP contribution in [0.2, 0.25) is 0 Å². The number of thiocarbonyl (C=S) groups is 1. The first-order valence-corrected chi connectivity index (χ1v) is 7.59. The Balaban J connectivity index is 2.54. The van der Waals surface area contributed by atoms with E-state index < -0.39 is 0 Å². The average Bonchev–Trinajstić information content (AvgIpc) is 2.42. The lowest BCUT2D eigenvalue weighted by Crippen LogP contribution is -2.30. The second-order valence-electron chi connectivity index (χ2n) is 5.09. The summed E-state index contributed by atoms with van der Waals surface area (Å²) in [6.45, 7) is 8.66. The van der Waals surface area contributed by atoms with Crippen molar-refractivity contribution in [1.29, 1.82) is 0 Å². The van der Waals surface area contributed by atoms with Gasteiger partial charge in [0.1, 0.15) is 11.6 Å². The van der Waals surface area contributed by atoms with Crippen LogP contribution in [0.4, 0.5) is 5.82 Å². The van der Waals surface area contributed by atoms with Crippen LogP contribution < -0.4 is 10.6 Å². The van der Waals surface area contributed by atoms with Crippen LogP contribution in [-0.4, -0.2) is 21.7 Å². The van der Waals surface area contributed by atoms with Gasteiger partial charge in [-0.3, -0.25) is 0 Å². The molecule has 0 unspecified atom stereocenters. The molecule has 0 radical (unpaired) electrons. The van der Waals surface area contributed by atoms with Gasteiger partial charge in [0.2, 0.25) is 0 Å². The third kappa shape index (κ3) is 4.63. The molecule has 20 heavy (non-hydrogen) atoms. The van der Waals surface area contributed by atoms with E-state index in [0.717, 1.165) is 24.1 Å². The summed E-state index contributed by atoms with van der Waals surface area (Å²) in [6.07, 6.45) is 4.84. The maximum Gasteiger partial charge on any atom is 0.171 e. The highest BCUT2D eigenvalue weighted by Gasteiger charge is 2.11. The van der Waals surface area contributed by atoms with Gasteiger partial charge in [-0.2, -0.15) is 0 Å². The van der Waals surface area contributed by atoms with Gasteiger partial charge in [0.25, 0.3) is 0 Å². The number of nitrogens with zero attached hydrogens (tertiary/aromatic N) is 1. The Labute approximate surface area is 127 Å². The van der Waals surface area contributed by atoms with Crippen molar-refractivity contribution >= 4 is 23.1 Å². The van der Waals surface area contributed by atoms with E-state index >= 15 is 0 Å². The molecular weight excluding hydrogens is 270 g/mol. The fourth-order valence-corrected chi connectivity index (χ4v) is 2.16. The number of aromatic hydroxyl groups is 1. The second-order valence-corrected chi connectivity index (χ2v) is 5.49. The molecule has 0 fully saturated rings. The second kappa shape index (κ2) is 8.04. The van der Waals surface area contributed by atoms with E-state index in [1.54, 1.807) is 6.92 Å². The number of hydrogen-bond acceptors (Lipinski definition) is 3. The van der Waals surface area contributed by atoms with Crippen molar-refractivity contribution in [3.05, 3.63) is 16.8 Å². The van der Waals surface area contributed by atoms with Crippen molar-refractivity contribution in [2.75, 3.05) is 11.9 Å². The summed E-state index contributed by atoms with van der Waals surface area (Å²) in [6, 6.07) is 0. The summed E-state index contributed by atoms with van der Waals surface area (Å²) in [7, 11) is 0. The Hall–Kier alpha value is -1.36.